The van der Waals surface area contributed by atoms with E-state index in [1.165, 1.54) is 0 Å². The molecule has 2 atom stereocenters. The lowest BCUT2D eigenvalue weighted by Gasteiger charge is -2.15. The molecule has 1 aliphatic heterocycles. The molecular weight excluding hydrogens is 302 g/mol. The molecule has 4 heteroatoms. The summed E-state index contributed by atoms with van der Waals surface area (Å²) in [5.41, 5.74) is 1.97. The van der Waals surface area contributed by atoms with Gasteiger partial charge in [0.1, 0.15) is 11.3 Å². The highest BCUT2D eigenvalue weighted by atomic mass is 16.4. The number of aliphatic carboxylic acids is 1. The molecule has 4 nitrogen and oxygen atoms in total. The number of carboxylic acids is 1. The molecule has 1 N–H and O–H groups in total. The van der Waals surface area contributed by atoms with Gasteiger partial charge in [-0.15, -0.1) is 0 Å². The first kappa shape index (κ1) is 15.0. The lowest BCUT2D eigenvalue weighted by Crippen LogP contribution is -2.23. The number of furan rings is 1. The van der Waals surface area contributed by atoms with Crippen molar-refractivity contribution in [1.82, 2.24) is 4.90 Å². The maximum absolute atomic E-state index is 11.7. The Morgan fingerprint density at radius 2 is 1.83 bits per heavy atom. The number of hydrogen-bond donors (Lipinski definition) is 1. The highest BCUT2D eigenvalue weighted by Crippen LogP contribution is 2.34. The third-order valence-electron chi connectivity index (χ3n) is 4.80. The maximum atomic E-state index is 11.7. The maximum Gasteiger partial charge on any atom is 0.308 e. The summed E-state index contributed by atoms with van der Waals surface area (Å²) < 4.78 is 5.88. The van der Waals surface area contributed by atoms with Crippen LogP contribution in [0, 0.1) is 5.92 Å². The topological polar surface area (TPSA) is 53.7 Å². The van der Waals surface area contributed by atoms with E-state index in [9.17, 15) is 9.90 Å². The zero-order valence-electron chi connectivity index (χ0n) is 13.3. The molecule has 1 aliphatic rings. The largest absolute Gasteiger partial charge is 0.481 e. The average molecular weight is 321 g/mol. The number of benzene rings is 2. The van der Waals surface area contributed by atoms with Crippen LogP contribution in [0.5, 0.6) is 0 Å². The molecule has 2 heterocycles. The zero-order valence-corrected chi connectivity index (χ0v) is 13.3. The molecule has 1 saturated heterocycles. The Kier molecular flexibility index (Phi) is 3.82. The number of likely N-dealkylation sites (tertiary alicyclic amines) is 1. The van der Waals surface area contributed by atoms with E-state index in [4.69, 9.17) is 4.42 Å². The highest BCUT2D eigenvalue weighted by molar-refractivity contribution is 5.77. The van der Waals surface area contributed by atoms with E-state index in [0.29, 0.717) is 13.1 Å². The Labute approximate surface area is 140 Å². The lowest BCUT2D eigenvalue weighted by molar-refractivity contribution is -0.141. The Morgan fingerprint density at radius 3 is 2.58 bits per heavy atom. The number of carboxylic acid groups (broad SMARTS) is 1. The van der Waals surface area contributed by atoms with Crippen LogP contribution in [0.4, 0.5) is 0 Å². The first-order valence-corrected chi connectivity index (χ1v) is 8.18. The molecule has 0 spiro atoms. The number of carbonyl (C=O) groups is 1. The average Bonchev–Trinajstić information content (AvgIpc) is 3.19. The predicted molar refractivity (Wildman–Crippen MR) is 91.8 cm³/mol. The second-order valence-electron chi connectivity index (χ2n) is 6.41. The third-order valence-corrected chi connectivity index (χ3v) is 4.80. The fourth-order valence-corrected chi connectivity index (χ4v) is 3.64. The molecule has 3 aromatic rings. The van der Waals surface area contributed by atoms with Gasteiger partial charge in [-0.3, -0.25) is 9.69 Å². The monoisotopic (exact) mass is 321 g/mol. The molecular formula is C20H19NO3. The van der Waals surface area contributed by atoms with Crippen LogP contribution in [0.1, 0.15) is 17.2 Å². The van der Waals surface area contributed by atoms with Gasteiger partial charge in [-0.25, -0.2) is 0 Å². The summed E-state index contributed by atoms with van der Waals surface area (Å²) in [6, 6.07) is 19.9. The fraction of sp³-hybridized carbons (Fsp3) is 0.250. The predicted octanol–water partition coefficient (Wildman–Crippen LogP) is 3.73. The van der Waals surface area contributed by atoms with Gasteiger partial charge in [0.2, 0.25) is 0 Å². The van der Waals surface area contributed by atoms with E-state index in [-0.39, 0.29) is 11.8 Å². The van der Waals surface area contributed by atoms with Crippen LogP contribution in [-0.2, 0) is 11.3 Å². The molecule has 122 valence electrons. The number of hydrogen-bond acceptors (Lipinski definition) is 3. The SMILES string of the molecule is O=C(O)[C@@H]1CN(Cc2cc3ccccc3o2)C[C@H]1c1ccccc1. The standard InChI is InChI=1S/C20H19NO3/c22-20(23)18-13-21(12-17(18)14-6-2-1-3-7-14)11-16-10-15-8-4-5-9-19(15)24-16/h1-10,17-18H,11-13H2,(H,22,23)/t17-,18+/m0/s1. The molecule has 1 fully saturated rings. The number of rotatable bonds is 4. The first-order valence-electron chi connectivity index (χ1n) is 8.18. The Hall–Kier alpha value is -2.59. The summed E-state index contributed by atoms with van der Waals surface area (Å²) in [7, 11) is 0. The number of fused-ring (bicyclic) bond motifs is 1. The minimum Gasteiger partial charge on any atom is -0.481 e. The molecule has 0 aliphatic carbocycles. The van der Waals surface area contributed by atoms with Crippen LogP contribution in [0.25, 0.3) is 11.0 Å². The quantitative estimate of drug-likeness (QED) is 0.795. The molecule has 1 aromatic heterocycles. The minimum absolute atomic E-state index is 0.0214. The van der Waals surface area contributed by atoms with Crippen molar-refractivity contribution in [2.75, 3.05) is 13.1 Å². The van der Waals surface area contributed by atoms with Crippen molar-refractivity contribution in [3.8, 4) is 0 Å². The van der Waals surface area contributed by atoms with E-state index in [0.717, 1.165) is 28.8 Å². The van der Waals surface area contributed by atoms with E-state index in [1.807, 2.05) is 60.7 Å². The normalized spacial score (nSPS) is 21.3. The van der Waals surface area contributed by atoms with Crippen molar-refractivity contribution in [3.63, 3.8) is 0 Å². The van der Waals surface area contributed by atoms with Crippen LogP contribution in [-0.4, -0.2) is 29.1 Å². The van der Waals surface area contributed by atoms with Crippen molar-refractivity contribution in [1.29, 1.82) is 0 Å². The van der Waals surface area contributed by atoms with Gasteiger partial charge >= 0.3 is 5.97 Å². The van der Waals surface area contributed by atoms with Gasteiger partial charge in [0, 0.05) is 24.4 Å². The molecule has 0 radical (unpaired) electrons. The number of nitrogens with zero attached hydrogens (tertiary/aromatic N) is 1. The van der Waals surface area contributed by atoms with Crippen molar-refractivity contribution in [3.05, 3.63) is 72.0 Å². The minimum atomic E-state index is -0.726. The number of para-hydroxylation sites is 1. The van der Waals surface area contributed by atoms with E-state index >= 15 is 0 Å². The van der Waals surface area contributed by atoms with E-state index in [1.54, 1.807) is 0 Å². The van der Waals surface area contributed by atoms with Gasteiger partial charge in [-0.1, -0.05) is 48.5 Å². The van der Waals surface area contributed by atoms with Crippen LogP contribution in [0.15, 0.2) is 65.1 Å². The molecule has 2 aromatic carbocycles. The summed E-state index contributed by atoms with van der Waals surface area (Å²) in [6.45, 7) is 1.92. The van der Waals surface area contributed by atoms with Gasteiger partial charge in [0.25, 0.3) is 0 Å². The van der Waals surface area contributed by atoms with Gasteiger partial charge in [-0.05, 0) is 17.7 Å². The lowest BCUT2D eigenvalue weighted by atomic mass is 9.89. The zero-order chi connectivity index (χ0) is 16.5. The van der Waals surface area contributed by atoms with Gasteiger partial charge in [0.15, 0.2) is 0 Å². The Morgan fingerprint density at radius 1 is 1.08 bits per heavy atom. The molecule has 0 bridgehead atoms. The Bertz CT molecular complexity index is 822. The molecule has 0 saturated carbocycles. The second-order valence-corrected chi connectivity index (χ2v) is 6.41. The van der Waals surface area contributed by atoms with E-state index < -0.39 is 5.97 Å². The molecule has 0 amide bonds. The fourth-order valence-electron chi connectivity index (χ4n) is 3.64. The summed E-state index contributed by atoms with van der Waals surface area (Å²) >= 11 is 0. The third kappa shape index (κ3) is 2.81. The van der Waals surface area contributed by atoms with Crippen molar-refractivity contribution >= 4 is 16.9 Å². The van der Waals surface area contributed by atoms with Crippen LogP contribution < -0.4 is 0 Å². The van der Waals surface area contributed by atoms with Crippen LogP contribution in [0.2, 0.25) is 0 Å². The van der Waals surface area contributed by atoms with Crippen molar-refractivity contribution < 1.29 is 14.3 Å². The Balaban J connectivity index is 1.55. The molecule has 4 rings (SSSR count). The molecule has 0 unspecified atom stereocenters. The summed E-state index contributed by atoms with van der Waals surface area (Å²) in [5, 5.41) is 10.7. The summed E-state index contributed by atoms with van der Waals surface area (Å²) in [4.78, 5) is 13.8. The summed E-state index contributed by atoms with van der Waals surface area (Å²) in [6.07, 6.45) is 0. The highest BCUT2D eigenvalue weighted by Gasteiger charge is 2.38. The van der Waals surface area contributed by atoms with Crippen LogP contribution in [0.3, 0.4) is 0 Å². The smallest absolute Gasteiger partial charge is 0.308 e. The molecule has 24 heavy (non-hydrogen) atoms. The van der Waals surface area contributed by atoms with Crippen molar-refractivity contribution in [2.24, 2.45) is 5.92 Å². The van der Waals surface area contributed by atoms with Crippen LogP contribution >= 0.6 is 0 Å². The second kappa shape index (κ2) is 6.13. The van der Waals surface area contributed by atoms with Crippen molar-refractivity contribution in [2.45, 2.75) is 12.5 Å². The van der Waals surface area contributed by atoms with Gasteiger partial charge < -0.3 is 9.52 Å². The van der Waals surface area contributed by atoms with Gasteiger partial charge in [-0.2, -0.15) is 0 Å². The van der Waals surface area contributed by atoms with Gasteiger partial charge in [0.05, 0.1) is 12.5 Å². The summed E-state index contributed by atoms with van der Waals surface area (Å²) in [5.74, 6) is -0.199. The first-order chi connectivity index (χ1) is 11.7. The van der Waals surface area contributed by atoms with E-state index in [2.05, 4.69) is 4.90 Å².